The second-order valence-corrected chi connectivity index (χ2v) is 9.51. The van der Waals surface area contributed by atoms with E-state index in [1.807, 2.05) is 78.9 Å². The molecule has 1 fully saturated rings. The number of amides is 1. The number of hydrogen-bond donors (Lipinski definition) is 0. The van der Waals surface area contributed by atoms with E-state index >= 15 is 0 Å². The Morgan fingerprint density at radius 1 is 0.973 bits per heavy atom. The molecule has 0 N–H and O–H groups in total. The number of para-hydroxylation sites is 1. The number of aryl methyl sites for hydroxylation is 1. The summed E-state index contributed by atoms with van der Waals surface area (Å²) in [6.45, 7) is 2.80. The summed E-state index contributed by atoms with van der Waals surface area (Å²) in [6.07, 6.45) is 3.45. The topological polar surface area (TPSA) is 64.3 Å². The van der Waals surface area contributed by atoms with Crippen LogP contribution >= 0.6 is 11.8 Å². The van der Waals surface area contributed by atoms with Crippen LogP contribution in [0.1, 0.15) is 22.5 Å². The molecule has 37 heavy (non-hydrogen) atoms. The highest BCUT2D eigenvalue weighted by Gasteiger charge is 2.34. The molecule has 6 nitrogen and oxygen atoms in total. The van der Waals surface area contributed by atoms with E-state index in [4.69, 9.17) is 18.9 Å². The molecule has 7 heteroatoms. The predicted octanol–water partition coefficient (Wildman–Crippen LogP) is 6.98. The fourth-order valence-electron chi connectivity index (χ4n) is 3.91. The van der Waals surface area contributed by atoms with Crippen molar-refractivity contribution in [3.05, 3.63) is 119 Å². The van der Waals surface area contributed by atoms with Gasteiger partial charge in [0.1, 0.15) is 12.4 Å². The Morgan fingerprint density at radius 2 is 1.84 bits per heavy atom. The van der Waals surface area contributed by atoms with Crippen LogP contribution in [0.15, 0.2) is 106 Å². The first-order valence-electron chi connectivity index (χ1n) is 11.8. The maximum absolute atomic E-state index is 13.4. The van der Waals surface area contributed by atoms with E-state index in [9.17, 15) is 4.79 Å². The third kappa shape index (κ3) is 5.95. The Morgan fingerprint density at radius 3 is 2.59 bits per heavy atom. The maximum Gasteiger partial charge on any atom is 0.267 e. The van der Waals surface area contributed by atoms with Crippen LogP contribution in [0.5, 0.6) is 11.5 Å². The molecular formula is C30H26N2O4S. The number of carbonyl (C=O) groups excluding carboxylic acids is 1. The van der Waals surface area contributed by atoms with Crippen molar-refractivity contribution in [3.63, 3.8) is 0 Å². The van der Waals surface area contributed by atoms with Gasteiger partial charge in [-0.2, -0.15) is 0 Å². The SMILES string of the molecule is COc1cc(/C=C2\SC(=Nc3ccccc3)N(Cc3ccco3)C2=O)ccc1OCc1cccc(C)c1. The molecule has 2 heterocycles. The van der Waals surface area contributed by atoms with Gasteiger partial charge in [0.15, 0.2) is 16.7 Å². The third-order valence-electron chi connectivity index (χ3n) is 5.73. The molecule has 3 aromatic carbocycles. The van der Waals surface area contributed by atoms with Crippen LogP contribution in [0.4, 0.5) is 5.69 Å². The zero-order valence-corrected chi connectivity index (χ0v) is 21.4. The average Bonchev–Trinajstić information content (AvgIpc) is 3.53. The lowest BCUT2D eigenvalue weighted by Crippen LogP contribution is -2.28. The third-order valence-corrected chi connectivity index (χ3v) is 6.73. The molecule has 1 amide bonds. The molecule has 1 aromatic heterocycles. The molecule has 0 saturated carbocycles. The van der Waals surface area contributed by atoms with E-state index in [1.165, 1.54) is 17.3 Å². The van der Waals surface area contributed by atoms with E-state index in [2.05, 4.69) is 19.1 Å². The Kier molecular flexibility index (Phi) is 7.42. The molecule has 186 valence electrons. The largest absolute Gasteiger partial charge is 0.493 e. The highest BCUT2D eigenvalue weighted by molar-refractivity contribution is 8.18. The molecule has 0 atom stereocenters. The van der Waals surface area contributed by atoms with Crippen LogP contribution in [0, 0.1) is 6.92 Å². The van der Waals surface area contributed by atoms with Gasteiger partial charge in [-0.25, -0.2) is 4.99 Å². The molecule has 0 spiro atoms. The molecule has 0 aliphatic carbocycles. The summed E-state index contributed by atoms with van der Waals surface area (Å²) in [4.78, 5) is 20.3. The van der Waals surface area contributed by atoms with Crippen molar-refractivity contribution in [1.29, 1.82) is 0 Å². The number of methoxy groups -OCH3 is 1. The average molecular weight is 511 g/mol. The second kappa shape index (κ2) is 11.2. The number of ether oxygens (including phenoxy) is 2. The molecule has 4 aromatic rings. The number of furan rings is 1. The van der Waals surface area contributed by atoms with Gasteiger partial charge in [-0.1, -0.05) is 54.1 Å². The Balaban J connectivity index is 1.39. The summed E-state index contributed by atoms with van der Waals surface area (Å²) in [5.74, 6) is 1.80. The Labute approximate surface area is 220 Å². The molecular weight excluding hydrogens is 484 g/mol. The van der Waals surface area contributed by atoms with E-state index in [0.717, 1.165) is 16.8 Å². The van der Waals surface area contributed by atoms with Gasteiger partial charge in [0, 0.05) is 0 Å². The van der Waals surface area contributed by atoms with Crippen molar-refractivity contribution in [2.45, 2.75) is 20.1 Å². The van der Waals surface area contributed by atoms with Crippen molar-refractivity contribution in [3.8, 4) is 11.5 Å². The van der Waals surface area contributed by atoms with Gasteiger partial charge in [-0.3, -0.25) is 9.69 Å². The maximum atomic E-state index is 13.4. The first-order chi connectivity index (χ1) is 18.1. The second-order valence-electron chi connectivity index (χ2n) is 8.50. The molecule has 0 unspecified atom stereocenters. The fraction of sp³-hybridized carbons (Fsp3) is 0.133. The standard InChI is InChI=1S/C30H26N2O4S/c1-21-8-6-9-23(16-21)20-36-26-14-13-22(17-27(26)34-2)18-28-29(33)32(19-25-12-7-15-35-25)30(37-28)31-24-10-4-3-5-11-24/h3-18H,19-20H2,1-2H3/b28-18-,31-30?. The summed E-state index contributed by atoms with van der Waals surface area (Å²) < 4.78 is 17.1. The summed E-state index contributed by atoms with van der Waals surface area (Å²) in [7, 11) is 1.61. The van der Waals surface area contributed by atoms with Gasteiger partial charge in [0.2, 0.25) is 0 Å². The van der Waals surface area contributed by atoms with Crippen molar-refractivity contribution < 1.29 is 18.7 Å². The van der Waals surface area contributed by atoms with Crippen molar-refractivity contribution in [2.75, 3.05) is 7.11 Å². The number of carbonyl (C=O) groups is 1. The van der Waals surface area contributed by atoms with E-state index in [0.29, 0.717) is 40.5 Å². The Hall–Kier alpha value is -4.23. The smallest absolute Gasteiger partial charge is 0.267 e. The lowest BCUT2D eigenvalue weighted by Gasteiger charge is -2.13. The summed E-state index contributed by atoms with van der Waals surface area (Å²) in [6, 6.07) is 27.1. The van der Waals surface area contributed by atoms with Crippen LogP contribution in [0.25, 0.3) is 6.08 Å². The van der Waals surface area contributed by atoms with Crippen LogP contribution in [-0.4, -0.2) is 23.1 Å². The van der Waals surface area contributed by atoms with Gasteiger partial charge in [0.25, 0.3) is 5.91 Å². The highest BCUT2D eigenvalue weighted by atomic mass is 32.2. The van der Waals surface area contributed by atoms with E-state index < -0.39 is 0 Å². The van der Waals surface area contributed by atoms with E-state index in [-0.39, 0.29) is 5.91 Å². The van der Waals surface area contributed by atoms with Crippen LogP contribution in [0.3, 0.4) is 0 Å². The fourth-order valence-corrected chi connectivity index (χ4v) is 4.91. The van der Waals surface area contributed by atoms with E-state index in [1.54, 1.807) is 18.3 Å². The van der Waals surface area contributed by atoms with Gasteiger partial charge in [-0.05, 0) is 72.3 Å². The van der Waals surface area contributed by atoms with Crippen LogP contribution in [-0.2, 0) is 17.9 Å². The molecule has 1 aliphatic heterocycles. The van der Waals surface area contributed by atoms with Crippen molar-refractivity contribution >= 4 is 34.6 Å². The molecule has 5 rings (SSSR count). The lowest BCUT2D eigenvalue weighted by molar-refractivity contribution is -0.122. The minimum Gasteiger partial charge on any atom is -0.493 e. The number of rotatable bonds is 8. The van der Waals surface area contributed by atoms with Crippen molar-refractivity contribution in [2.24, 2.45) is 4.99 Å². The van der Waals surface area contributed by atoms with Crippen LogP contribution < -0.4 is 9.47 Å². The first-order valence-corrected chi connectivity index (χ1v) is 12.6. The highest BCUT2D eigenvalue weighted by Crippen LogP contribution is 2.37. The first kappa shape index (κ1) is 24.5. The minimum atomic E-state index is -0.130. The van der Waals surface area contributed by atoms with Gasteiger partial charge in [0.05, 0.1) is 30.5 Å². The van der Waals surface area contributed by atoms with Gasteiger partial charge < -0.3 is 13.9 Å². The quantitative estimate of drug-likeness (QED) is 0.239. The monoisotopic (exact) mass is 510 g/mol. The summed E-state index contributed by atoms with van der Waals surface area (Å²) in [5, 5.41) is 0.601. The van der Waals surface area contributed by atoms with Gasteiger partial charge in [-0.15, -0.1) is 0 Å². The zero-order chi connectivity index (χ0) is 25.6. The minimum absolute atomic E-state index is 0.130. The van der Waals surface area contributed by atoms with Gasteiger partial charge >= 0.3 is 0 Å². The number of amidine groups is 1. The predicted molar refractivity (Wildman–Crippen MR) is 147 cm³/mol. The van der Waals surface area contributed by atoms with Crippen LogP contribution in [0.2, 0.25) is 0 Å². The molecule has 0 bridgehead atoms. The Bertz CT molecular complexity index is 1450. The zero-order valence-electron chi connectivity index (χ0n) is 20.6. The summed E-state index contributed by atoms with van der Waals surface area (Å²) >= 11 is 1.34. The lowest BCUT2D eigenvalue weighted by atomic mass is 10.1. The summed E-state index contributed by atoms with van der Waals surface area (Å²) in [5.41, 5.74) is 3.88. The number of hydrogen-bond acceptors (Lipinski definition) is 6. The normalized spacial score (nSPS) is 15.5. The number of aliphatic imine (C=N–C) groups is 1. The number of benzene rings is 3. The molecule has 1 saturated heterocycles. The number of nitrogens with zero attached hydrogens (tertiary/aromatic N) is 2. The number of thioether (sulfide) groups is 1. The molecule has 1 aliphatic rings. The van der Waals surface area contributed by atoms with Crippen molar-refractivity contribution in [1.82, 2.24) is 4.90 Å². The molecule has 0 radical (unpaired) electrons.